The van der Waals surface area contributed by atoms with Crippen LogP contribution in [-0.2, 0) is 14.3 Å². The summed E-state index contributed by atoms with van der Waals surface area (Å²) in [6.07, 6.45) is 2.62. The quantitative estimate of drug-likeness (QED) is 0.564. The number of aliphatic carboxylic acids is 1. The van der Waals surface area contributed by atoms with E-state index >= 15 is 0 Å². The third kappa shape index (κ3) is 5.32. The molecule has 0 aromatic heterocycles. The number of nitrogens with one attached hydrogen (secondary N) is 1. The van der Waals surface area contributed by atoms with E-state index in [0.29, 0.717) is 38.1 Å². The van der Waals surface area contributed by atoms with Crippen molar-refractivity contribution in [2.24, 2.45) is 5.41 Å². The second kappa shape index (κ2) is 10.7. The van der Waals surface area contributed by atoms with Crippen molar-refractivity contribution in [3.8, 4) is 11.1 Å². The number of piperidine rings is 1. The van der Waals surface area contributed by atoms with Crippen molar-refractivity contribution >= 4 is 29.7 Å². The van der Waals surface area contributed by atoms with Crippen molar-refractivity contribution in [1.29, 1.82) is 0 Å². The maximum absolute atomic E-state index is 13.2. The number of hydrogen-bond acceptors (Lipinski definition) is 5. The van der Waals surface area contributed by atoms with Gasteiger partial charge in [-0.1, -0.05) is 48.5 Å². The molecule has 0 saturated carbocycles. The van der Waals surface area contributed by atoms with Gasteiger partial charge in [-0.05, 0) is 60.4 Å². The molecule has 186 valence electrons. The second-order valence-electron chi connectivity index (χ2n) is 9.50. The number of alkyl carbamates (subject to hydrolysis) is 1. The summed E-state index contributed by atoms with van der Waals surface area (Å²) in [7, 11) is 0. The maximum atomic E-state index is 13.2. The standard InChI is InChI=1S/C27H32N2O5S/c1-27(25(31)32)12-14-29(15-13-27)24(30)23(11-16-35-2)28-26(33)34-17-22-20-9-5-3-7-18(20)19-8-4-6-10-21(19)22/h3-10,22-23H,11-17H2,1-2H3,(H,28,33)(H,31,32)/t23-/m0/s1. The molecule has 2 aliphatic rings. The van der Waals surface area contributed by atoms with Gasteiger partial charge in [0.1, 0.15) is 12.6 Å². The first kappa shape index (κ1) is 25.1. The van der Waals surface area contributed by atoms with E-state index in [4.69, 9.17) is 4.74 Å². The van der Waals surface area contributed by atoms with Crippen LogP contribution in [0, 0.1) is 5.41 Å². The number of carboxylic acids is 1. The third-order valence-electron chi connectivity index (χ3n) is 7.24. The fourth-order valence-electron chi connectivity index (χ4n) is 4.93. The number of amides is 2. The van der Waals surface area contributed by atoms with Gasteiger partial charge in [0.25, 0.3) is 0 Å². The molecule has 0 radical (unpaired) electrons. The molecule has 1 heterocycles. The van der Waals surface area contributed by atoms with Crippen LogP contribution in [0.4, 0.5) is 4.79 Å². The van der Waals surface area contributed by atoms with E-state index in [0.717, 1.165) is 22.3 Å². The lowest BCUT2D eigenvalue weighted by atomic mass is 9.80. The van der Waals surface area contributed by atoms with E-state index in [2.05, 4.69) is 29.6 Å². The van der Waals surface area contributed by atoms with Gasteiger partial charge in [-0.3, -0.25) is 9.59 Å². The lowest BCUT2D eigenvalue weighted by molar-refractivity contribution is -0.153. The van der Waals surface area contributed by atoms with Crippen molar-refractivity contribution < 1.29 is 24.2 Å². The van der Waals surface area contributed by atoms with Crippen LogP contribution in [0.15, 0.2) is 48.5 Å². The number of benzene rings is 2. The van der Waals surface area contributed by atoms with Crippen LogP contribution < -0.4 is 5.32 Å². The molecule has 0 spiro atoms. The highest BCUT2D eigenvalue weighted by Crippen LogP contribution is 2.44. The molecular weight excluding hydrogens is 464 g/mol. The lowest BCUT2D eigenvalue weighted by Crippen LogP contribution is -2.53. The number of hydrogen-bond donors (Lipinski definition) is 2. The average molecular weight is 497 g/mol. The zero-order valence-electron chi connectivity index (χ0n) is 20.2. The Labute approximate surface area is 210 Å². The Bertz CT molecular complexity index is 1050. The molecule has 0 bridgehead atoms. The molecule has 4 rings (SSSR count). The summed E-state index contributed by atoms with van der Waals surface area (Å²) in [6, 6.07) is 15.6. The monoisotopic (exact) mass is 496 g/mol. The molecule has 2 N–H and O–H groups in total. The molecule has 2 aromatic carbocycles. The van der Waals surface area contributed by atoms with Crippen molar-refractivity contribution in [3.63, 3.8) is 0 Å². The number of ether oxygens (including phenoxy) is 1. The van der Waals surface area contributed by atoms with Crippen molar-refractivity contribution in [3.05, 3.63) is 59.7 Å². The van der Waals surface area contributed by atoms with E-state index in [9.17, 15) is 19.5 Å². The van der Waals surface area contributed by atoms with Gasteiger partial charge in [0.2, 0.25) is 5.91 Å². The van der Waals surface area contributed by atoms with Gasteiger partial charge >= 0.3 is 12.1 Å². The Hall–Kier alpha value is -3.00. The fourth-order valence-corrected chi connectivity index (χ4v) is 5.40. The number of carbonyl (C=O) groups is 3. The molecule has 8 heteroatoms. The molecule has 1 saturated heterocycles. The molecule has 35 heavy (non-hydrogen) atoms. The smallest absolute Gasteiger partial charge is 0.407 e. The molecule has 1 fully saturated rings. The highest BCUT2D eigenvalue weighted by molar-refractivity contribution is 7.98. The molecule has 7 nitrogen and oxygen atoms in total. The summed E-state index contributed by atoms with van der Waals surface area (Å²) in [4.78, 5) is 39.2. The number of carbonyl (C=O) groups excluding carboxylic acids is 2. The van der Waals surface area contributed by atoms with Crippen molar-refractivity contribution in [2.75, 3.05) is 31.7 Å². The van der Waals surface area contributed by atoms with Crippen LogP contribution in [0.2, 0.25) is 0 Å². The van der Waals surface area contributed by atoms with E-state index in [1.807, 2.05) is 30.5 Å². The van der Waals surface area contributed by atoms with Crippen molar-refractivity contribution in [1.82, 2.24) is 10.2 Å². The predicted molar refractivity (Wildman–Crippen MR) is 137 cm³/mol. The van der Waals surface area contributed by atoms with E-state index in [1.54, 1.807) is 23.6 Å². The lowest BCUT2D eigenvalue weighted by Gasteiger charge is -2.38. The number of fused-ring (bicyclic) bond motifs is 3. The summed E-state index contributed by atoms with van der Waals surface area (Å²) in [6.45, 7) is 2.63. The van der Waals surface area contributed by atoms with Gasteiger partial charge < -0.3 is 20.1 Å². The second-order valence-corrected chi connectivity index (χ2v) is 10.5. The predicted octanol–water partition coefficient (Wildman–Crippen LogP) is 4.36. The minimum atomic E-state index is -0.833. The zero-order valence-corrected chi connectivity index (χ0v) is 21.0. The highest BCUT2D eigenvalue weighted by Gasteiger charge is 2.39. The van der Waals surface area contributed by atoms with E-state index in [-0.39, 0.29) is 18.4 Å². The van der Waals surface area contributed by atoms with E-state index < -0.39 is 23.5 Å². The first-order valence-corrected chi connectivity index (χ1v) is 13.4. The minimum absolute atomic E-state index is 0.0516. The van der Waals surface area contributed by atoms with Crippen LogP contribution >= 0.6 is 11.8 Å². The summed E-state index contributed by atoms with van der Waals surface area (Å²) >= 11 is 1.60. The number of likely N-dealkylation sites (tertiary alicyclic amines) is 1. The van der Waals surface area contributed by atoms with Crippen LogP contribution in [-0.4, -0.2) is 65.7 Å². The van der Waals surface area contributed by atoms with Gasteiger partial charge in [-0.15, -0.1) is 0 Å². The van der Waals surface area contributed by atoms with Gasteiger partial charge in [0.15, 0.2) is 0 Å². The number of rotatable bonds is 8. The summed E-state index contributed by atoms with van der Waals surface area (Å²) in [5.74, 6) is -0.356. The van der Waals surface area contributed by atoms with Crippen molar-refractivity contribution in [2.45, 2.75) is 38.1 Å². The fraction of sp³-hybridized carbons (Fsp3) is 0.444. The van der Waals surface area contributed by atoms with Gasteiger partial charge in [0, 0.05) is 19.0 Å². The molecule has 2 aromatic rings. The highest BCUT2D eigenvalue weighted by atomic mass is 32.2. The zero-order chi connectivity index (χ0) is 25.0. The summed E-state index contributed by atoms with van der Waals surface area (Å²) < 4.78 is 5.65. The van der Waals surface area contributed by atoms with Gasteiger partial charge in [0.05, 0.1) is 5.41 Å². The van der Waals surface area contributed by atoms with Crippen LogP contribution in [0.5, 0.6) is 0 Å². The Morgan fingerprint density at radius 3 is 2.20 bits per heavy atom. The normalized spacial score (nSPS) is 17.3. The van der Waals surface area contributed by atoms with Gasteiger partial charge in [-0.2, -0.15) is 11.8 Å². The minimum Gasteiger partial charge on any atom is -0.481 e. The van der Waals surface area contributed by atoms with Gasteiger partial charge in [-0.25, -0.2) is 4.79 Å². The Morgan fingerprint density at radius 2 is 1.66 bits per heavy atom. The Morgan fingerprint density at radius 1 is 1.09 bits per heavy atom. The summed E-state index contributed by atoms with van der Waals surface area (Å²) in [5, 5.41) is 12.2. The average Bonchev–Trinajstić information content (AvgIpc) is 3.19. The molecule has 2 amide bonds. The van der Waals surface area contributed by atoms with Crippen LogP contribution in [0.1, 0.15) is 43.2 Å². The Balaban J connectivity index is 1.39. The maximum Gasteiger partial charge on any atom is 0.407 e. The molecule has 1 aliphatic heterocycles. The first-order valence-electron chi connectivity index (χ1n) is 12.0. The summed E-state index contributed by atoms with van der Waals surface area (Å²) in [5.41, 5.74) is 3.76. The first-order chi connectivity index (χ1) is 16.8. The Kier molecular flexibility index (Phi) is 7.69. The number of nitrogens with zero attached hydrogens (tertiary/aromatic N) is 1. The number of carboxylic acid groups (broad SMARTS) is 1. The SMILES string of the molecule is CSCC[C@H](NC(=O)OCC1c2ccccc2-c2ccccc21)C(=O)N1CCC(C)(C(=O)O)CC1. The van der Waals surface area contributed by atoms with Crippen LogP contribution in [0.25, 0.3) is 11.1 Å². The topological polar surface area (TPSA) is 95.9 Å². The third-order valence-corrected chi connectivity index (χ3v) is 7.88. The largest absolute Gasteiger partial charge is 0.481 e. The van der Waals surface area contributed by atoms with Crippen LogP contribution in [0.3, 0.4) is 0 Å². The molecular formula is C27H32N2O5S. The number of thioether (sulfide) groups is 1. The molecule has 1 aliphatic carbocycles. The molecule has 0 unspecified atom stereocenters. The van der Waals surface area contributed by atoms with E-state index in [1.165, 1.54) is 0 Å². The molecule has 1 atom stereocenters.